The summed E-state index contributed by atoms with van der Waals surface area (Å²) < 4.78 is 5.72. The Labute approximate surface area is 108 Å². The second kappa shape index (κ2) is 6.39. The van der Waals surface area contributed by atoms with Crippen molar-refractivity contribution in [3.05, 3.63) is 0 Å². The summed E-state index contributed by atoms with van der Waals surface area (Å²) in [6.07, 6.45) is 11.5. The molecule has 1 heterocycles. The van der Waals surface area contributed by atoms with Gasteiger partial charge in [0.25, 0.3) is 0 Å². The minimum atomic E-state index is 0.585. The molecule has 1 aliphatic heterocycles. The average Bonchev–Trinajstić information content (AvgIpc) is 2.81. The van der Waals surface area contributed by atoms with Gasteiger partial charge in [-0.2, -0.15) is 0 Å². The number of alkyl halides is 1. The van der Waals surface area contributed by atoms with Crippen LogP contribution in [-0.4, -0.2) is 17.5 Å². The summed E-state index contributed by atoms with van der Waals surface area (Å²) in [5.41, 5.74) is 0. The van der Waals surface area contributed by atoms with Crippen molar-refractivity contribution < 1.29 is 4.74 Å². The summed E-state index contributed by atoms with van der Waals surface area (Å²) in [6, 6.07) is 0. The first-order chi connectivity index (χ1) is 7.79. The molecule has 2 heteroatoms. The summed E-state index contributed by atoms with van der Waals surface area (Å²) in [7, 11) is 0. The third-order valence-corrected chi connectivity index (χ3v) is 5.66. The summed E-state index contributed by atoms with van der Waals surface area (Å²) >= 11 is 3.88. The van der Waals surface area contributed by atoms with E-state index in [-0.39, 0.29) is 0 Å². The maximum atomic E-state index is 5.72. The molecule has 94 valence electrons. The van der Waals surface area contributed by atoms with Crippen LogP contribution in [0.3, 0.4) is 0 Å². The molecule has 4 atom stereocenters. The zero-order valence-electron chi connectivity index (χ0n) is 10.5. The smallest absolute Gasteiger partial charge is 0.0576 e. The molecule has 16 heavy (non-hydrogen) atoms. The molecular formula is C14H25BrO. The van der Waals surface area contributed by atoms with Crippen LogP contribution in [0.1, 0.15) is 58.3 Å². The van der Waals surface area contributed by atoms with E-state index in [1.54, 1.807) is 0 Å². The minimum Gasteiger partial charge on any atom is -0.378 e. The number of ether oxygens (including phenoxy) is 1. The molecule has 0 spiro atoms. The summed E-state index contributed by atoms with van der Waals surface area (Å²) in [5, 5.41) is 0. The maximum absolute atomic E-state index is 5.72. The lowest BCUT2D eigenvalue weighted by Gasteiger charge is -2.33. The van der Waals surface area contributed by atoms with Crippen molar-refractivity contribution in [3.63, 3.8) is 0 Å². The van der Waals surface area contributed by atoms with Gasteiger partial charge in [0.15, 0.2) is 0 Å². The molecule has 0 aromatic rings. The Morgan fingerprint density at radius 2 is 2.06 bits per heavy atom. The van der Waals surface area contributed by atoms with Crippen molar-refractivity contribution in [1.82, 2.24) is 0 Å². The Kier molecular flexibility index (Phi) is 5.15. The monoisotopic (exact) mass is 288 g/mol. The molecule has 2 aliphatic rings. The molecule has 2 fully saturated rings. The Morgan fingerprint density at radius 3 is 2.75 bits per heavy atom. The van der Waals surface area contributed by atoms with E-state index >= 15 is 0 Å². The summed E-state index contributed by atoms with van der Waals surface area (Å²) in [6.45, 7) is 3.35. The van der Waals surface area contributed by atoms with Crippen LogP contribution >= 0.6 is 15.9 Å². The molecule has 1 nitrogen and oxygen atoms in total. The van der Waals surface area contributed by atoms with Crippen LogP contribution in [0.15, 0.2) is 0 Å². The van der Waals surface area contributed by atoms with Gasteiger partial charge in [-0.05, 0) is 56.8 Å². The highest BCUT2D eigenvalue weighted by molar-refractivity contribution is 9.09. The van der Waals surface area contributed by atoms with Crippen molar-refractivity contribution in [1.29, 1.82) is 0 Å². The Hall–Kier alpha value is 0.440. The van der Waals surface area contributed by atoms with Gasteiger partial charge in [0.05, 0.1) is 6.10 Å². The van der Waals surface area contributed by atoms with Crippen LogP contribution in [0.5, 0.6) is 0 Å². The van der Waals surface area contributed by atoms with Gasteiger partial charge in [-0.25, -0.2) is 0 Å². The first-order valence-electron chi connectivity index (χ1n) is 7.05. The first kappa shape index (κ1) is 12.9. The molecule has 0 N–H and O–H groups in total. The summed E-state index contributed by atoms with van der Waals surface area (Å²) in [5.74, 6) is 1.89. The molecule has 1 aliphatic carbocycles. The van der Waals surface area contributed by atoms with Gasteiger partial charge in [0.2, 0.25) is 0 Å². The molecule has 4 unspecified atom stereocenters. The summed E-state index contributed by atoms with van der Waals surface area (Å²) in [4.78, 5) is 0.775. The number of rotatable bonds is 4. The molecule has 1 saturated carbocycles. The highest BCUT2D eigenvalue weighted by atomic mass is 79.9. The lowest BCUT2D eigenvalue weighted by atomic mass is 9.78. The van der Waals surface area contributed by atoms with E-state index in [1.807, 2.05) is 0 Å². The van der Waals surface area contributed by atoms with E-state index in [9.17, 15) is 0 Å². The van der Waals surface area contributed by atoms with Crippen molar-refractivity contribution in [2.24, 2.45) is 11.8 Å². The van der Waals surface area contributed by atoms with E-state index in [0.717, 1.165) is 23.3 Å². The van der Waals surface area contributed by atoms with E-state index in [0.29, 0.717) is 6.10 Å². The fourth-order valence-electron chi connectivity index (χ4n) is 3.27. The van der Waals surface area contributed by atoms with Crippen LogP contribution in [0.25, 0.3) is 0 Å². The predicted octanol–water partition coefficient (Wildman–Crippen LogP) is 4.54. The van der Waals surface area contributed by atoms with E-state index in [1.165, 1.54) is 51.4 Å². The van der Waals surface area contributed by atoms with Gasteiger partial charge >= 0.3 is 0 Å². The van der Waals surface area contributed by atoms with Gasteiger partial charge in [-0.1, -0.05) is 29.3 Å². The van der Waals surface area contributed by atoms with E-state index in [4.69, 9.17) is 4.74 Å². The highest BCUT2D eigenvalue weighted by Gasteiger charge is 2.28. The van der Waals surface area contributed by atoms with Gasteiger partial charge < -0.3 is 4.74 Å². The number of halogens is 1. The van der Waals surface area contributed by atoms with Crippen LogP contribution < -0.4 is 0 Å². The zero-order chi connectivity index (χ0) is 11.4. The Balaban J connectivity index is 1.73. The van der Waals surface area contributed by atoms with Crippen molar-refractivity contribution in [3.8, 4) is 0 Å². The second-order valence-corrected chi connectivity index (χ2v) is 6.75. The third kappa shape index (κ3) is 3.46. The van der Waals surface area contributed by atoms with E-state index < -0.39 is 0 Å². The maximum Gasteiger partial charge on any atom is 0.0576 e. The average molecular weight is 289 g/mol. The predicted molar refractivity (Wildman–Crippen MR) is 72.0 cm³/mol. The first-order valence-corrected chi connectivity index (χ1v) is 7.96. The zero-order valence-corrected chi connectivity index (χ0v) is 12.0. The van der Waals surface area contributed by atoms with Gasteiger partial charge in [0, 0.05) is 11.4 Å². The van der Waals surface area contributed by atoms with Crippen LogP contribution in [-0.2, 0) is 4.74 Å². The van der Waals surface area contributed by atoms with Crippen LogP contribution in [0.4, 0.5) is 0 Å². The lowest BCUT2D eigenvalue weighted by Crippen LogP contribution is -2.25. The van der Waals surface area contributed by atoms with Gasteiger partial charge in [-0.3, -0.25) is 0 Å². The molecule has 0 aromatic carbocycles. The molecular weight excluding hydrogens is 264 g/mol. The number of hydrogen-bond donors (Lipinski definition) is 0. The Morgan fingerprint density at radius 1 is 1.19 bits per heavy atom. The van der Waals surface area contributed by atoms with Crippen LogP contribution in [0, 0.1) is 11.8 Å². The minimum absolute atomic E-state index is 0.585. The quantitative estimate of drug-likeness (QED) is 0.691. The standard InChI is InChI=1S/C14H25BrO/c1-2-11-5-8-14(15)12(10-11)6-7-13-4-3-9-16-13/h11-14H,2-10H2,1H3. The normalized spacial score (nSPS) is 40.1. The van der Waals surface area contributed by atoms with Crippen molar-refractivity contribution in [2.75, 3.05) is 6.61 Å². The molecule has 0 amide bonds. The third-order valence-electron chi connectivity index (χ3n) is 4.46. The van der Waals surface area contributed by atoms with Crippen LogP contribution in [0.2, 0.25) is 0 Å². The topological polar surface area (TPSA) is 9.23 Å². The van der Waals surface area contributed by atoms with E-state index in [2.05, 4.69) is 22.9 Å². The molecule has 1 saturated heterocycles. The highest BCUT2D eigenvalue weighted by Crippen LogP contribution is 2.38. The van der Waals surface area contributed by atoms with Crippen molar-refractivity contribution in [2.45, 2.75) is 69.2 Å². The van der Waals surface area contributed by atoms with Gasteiger partial charge in [0.1, 0.15) is 0 Å². The molecule has 0 bridgehead atoms. The fourth-order valence-corrected chi connectivity index (χ4v) is 4.01. The molecule has 0 radical (unpaired) electrons. The van der Waals surface area contributed by atoms with Crippen molar-refractivity contribution >= 4 is 15.9 Å². The largest absolute Gasteiger partial charge is 0.378 e. The fraction of sp³-hybridized carbons (Fsp3) is 1.00. The SMILES string of the molecule is CCC1CCC(Br)C(CCC2CCCO2)C1. The van der Waals surface area contributed by atoms with Gasteiger partial charge in [-0.15, -0.1) is 0 Å². The molecule has 0 aromatic heterocycles. The molecule has 2 rings (SSSR count). The second-order valence-electron chi connectivity index (χ2n) is 5.58. The number of hydrogen-bond acceptors (Lipinski definition) is 1. The Bertz CT molecular complexity index is 201. The lowest BCUT2D eigenvalue weighted by molar-refractivity contribution is 0.0943.